The van der Waals surface area contributed by atoms with Gasteiger partial charge in [0.15, 0.2) is 0 Å². The summed E-state index contributed by atoms with van der Waals surface area (Å²) in [5.41, 5.74) is 4.83. The molecule has 0 heterocycles. The monoisotopic (exact) mass is 229 g/mol. The lowest BCUT2D eigenvalue weighted by atomic mass is 10.5. The van der Waals surface area contributed by atoms with Gasteiger partial charge in [-0.1, -0.05) is 31.9 Å². The zero-order chi connectivity index (χ0) is 5.86. The second-order valence-corrected chi connectivity index (χ2v) is 2.78. The van der Waals surface area contributed by atoms with Crippen molar-refractivity contribution in [2.24, 2.45) is 5.73 Å². The fraction of sp³-hybridized carbons (Fsp3) is 0.667. The van der Waals surface area contributed by atoms with Crippen LogP contribution in [0.2, 0.25) is 0 Å². The summed E-state index contributed by atoms with van der Waals surface area (Å²) in [5.74, 6) is -0.336. The van der Waals surface area contributed by atoms with Crippen molar-refractivity contribution in [1.29, 1.82) is 0 Å². The van der Waals surface area contributed by atoms with Crippen molar-refractivity contribution in [2.75, 3.05) is 5.33 Å². The molecule has 2 N–H and O–H groups in total. The second-order valence-electron chi connectivity index (χ2n) is 1.02. The lowest BCUT2D eigenvalue weighted by Gasteiger charge is -1.94. The fourth-order valence-electron chi connectivity index (χ4n) is 0.0760. The topological polar surface area (TPSA) is 43.1 Å². The van der Waals surface area contributed by atoms with E-state index in [1.54, 1.807) is 0 Å². The van der Waals surface area contributed by atoms with Gasteiger partial charge in [0.25, 0.3) is 0 Å². The number of hydrogen-bond acceptors (Lipinski definition) is 1. The highest BCUT2D eigenvalue weighted by Crippen LogP contribution is 2.00. The summed E-state index contributed by atoms with van der Waals surface area (Å²) in [6.45, 7) is 0. The predicted molar refractivity (Wildman–Crippen MR) is 35.7 cm³/mol. The molecular weight excluding hydrogens is 226 g/mol. The minimum absolute atomic E-state index is 0.229. The van der Waals surface area contributed by atoms with E-state index in [0.717, 1.165) is 0 Å². The Kier molecular flexibility index (Phi) is 3.65. The van der Waals surface area contributed by atoms with E-state index in [1.165, 1.54) is 0 Å². The van der Waals surface area contributed by atoms with Crippen LogP contribution in [0.3, 0.4) is 0 Å². The maximum Gasteiger partial charge on any atom is 0.232 e. The molecule has 42 valence electrons. The molecule has 0 aromatic heterocycles. The first-order valence-electron chi connectivity index (χ1n) is 1.68. The zero-order valence-electron chi connectivity index (χ0n) is 3.53. The average molecular weight is 231 g/mol. The second kappa shape index (κ2) is 3.43. The Morgan fingerprint density at radius 1 is 1.86 bits per heavy atom. The van der Waals surface area contributed by atoms with Gasteiger partial charge in [-0.2, -0.15) is 0 Å². The average Bonchev–Trinajstić information content (AvgIpc) is 1.65. The van der Waals surface area contributed by atoms with Gasteiger partial charge < -0.3 is 5.73 Å². The number of alkyl halides is 2. The van der Waals surface area contributed by atoms with Crippen molar-refractivity contribution < 1.29 is 4.79 Å². The minimum atomic E-state index is -0.336. The molecule has 0 unspecified atom stereocenters. The van der Waals surface area contributed by atoms with Gasteiger partial charge >= 0.3 is 0 Å². The van der Waals surface area contributed by atoms with Crippen LogP contribution in [0.1, 0.15) is 0 Å². The molecule has 0 aromatic carbocycles. The Labute approximate surface area is 58.7 Å². The maximum absolute atomic E-state index is 10.1. The first-order valence-corrected chi connectivity index (χ1v) is 3.71. The van der Waals surface area contributed by atoms with Gasteiger partial charge in [-0.25, -0.2) is 0 Å². The molecule has 4 heteroatoms. The summed E-state index contributed by atoms with van der Waals surface area (Å²) in [7, 11) is 0. The van der Waals surface area contributed by atoms with Gasteiger partial charge in [-0.15, -0.1) is 0 Å². The van der Waals surface area contributed by atoms with Crippen LogP contribution in [0.15, 0.2) is 0 Å². The standard InChI is InChI=1S/C3H5Br2NO/c4-1-2(5)3(6)7/h2H,1H2,(H2,6,7)/t2-/m1/s1. The molecule has 0 aromatic rings. The Balaban J connectivity index is 3.34. The van der Waals surface area contributed by atoms with Crippen molar-refractivity contribution in [3.8, 4) is 0 Å². The van der Waals surface area contributed by atoms with Gasteiger partial charge in [-0.05, 0) is 0 Å². The summed E-state index contributed by atoms with van der Waals surface area (Å²) < 4.78 is 0. The normalized spacial score (nSPS) is 13.4. The van der Waals surface area contributed by atoms with E-state index in [0.29, 0.717) is 5.33 Å². The largest absolute Gasteiger partial charge is 0.369 e. The highest BCUT2D eigenvalue weighted by molar-refractivity contribution is 9.12. The van der Waals surface area contributed by atoms with Crippen molar-refractivity contribution in [2.45, 2.75) is 4.83 Å². The Morgan fingerprint density at radius 2 is 2.29 bits per heavy atom. The highest BCUT2D eigenvalue weighted by Gasteiger charge is 2.05. The zero-order valence-corrected chi connectivity index (χ0v) is 6.70. The number of nitrogens with two attached hydrogens (primary N) is 1. The number of carbonyl (C=O) groups excluding carboxylic acids is 1. The number of halogens is 2. The molecule has 0 aliphatic heterocycles. The van der Waals surface area contributed by atoms with Gasteiger partial charge in [0.2, 0.25) is 5.91 Å². The van der Waals surface area contributed by atoms with Crippen molar-refractivity contribution in [3.63, 3.8) is 0 Å². The van der Waals surface area contributed by atoms with Crippen LogP contribution in [-0.4, -0.2) is 16.1 Å². The van der Waals surface area contributed by atoms with Gasteiger partial charge in [0.1, 0.15) is 4.83 Å². The Hall–Kier alpha value is 0.430. The van der Waals surface area contributed by atoms with E-state index in [4.69, 9.17) is 5.73 Å². The minimum Gasteiger partial charge on any atom is -0.369 e. The number of carbonyl (C=O) groups is 1. The lowest BCUT2D eigenvalue weighted by molar-refractivity contribution is -0.117. The molecule has 0 saturated heterocycles. The SMILES string of the molecule is NC(=O)[C@H](Br)CBr. The van der Waals surface area contributed by atoms with E-state index in [1.807, 2.05) is 0 Å². The third kappa shape index (κ3) is 3.05. The van der Waals surface area contributed by atoms with E-state index in [2.05, 4.69) is 31.9 Å². The first kappa shape index (κ1) is 7.43. The molecular formula is C3H5Br2NO. The van der Waals surface area contributed by atoms with Crippen LogP contribution < -0.4 is 5.73 Å². The quantitative estimate of drug-likeness (QED) is 0.695. The van der Waals surface area contributed by atoms with E-state index in [-0.39, 0.29) is 10.7 Å². The summed E-state index contributed by atoms with van der Waals surface area (Å²) in [4.78, 5) is 9.85. The number of hydrogen-bond donors (Lipinski definition) is 1. The molecule has 2 nitrogen and oxygen atoms in total. The molecule has 1 amide bonds. The summed E-state index contributed by atoms with van der Waals surface area (Å²) in [6.07, 6.45) is 0. The first-order chi connectivity index (χ1) is 3.18. The number of primary amides is 1. The molecule has 0 fully saturated rings. The molecule has 1 atom stereocenters. The molecule has 0 aliphatic carbocycles. The molecule has 0 rings (SSSR count). The van der Waals surface area contributed by atoms with Crippen LogP contribution >= 0.6 is 31.9 Å². The van der Waals surface area contributed by atoms with E-state index < -0.39 is 0 Å². The Morgan fingerprint density at radius 3 is 2.29 bits per heavy atom. The van der Waals surface area contributed by atoms with Crippen LogP contribution in [0.4, 0.5) is 0 Å². The molecule has 0 saturated carbocycles. The molecule has 0 radical (unpaired) electrons. The van der Waals surface area contributed by atoms with Crippen molar-refractivity contribution in [3.05, 3.63) is 0 Å². The summed E-state index contributed by atoms with van der Waals surface area (Å²) in [5, 5.41) is 0.572. The Bertz CT molecular complexity index is 75.3. The van der Waals surface area contributed by atoms with Crippen molar-refractivity contribution in [1.82, 2.24) is 0 Å². The van der Waals surface area contributed by atoms with Crippen LogP contribution in [0, 0.1) is 0 Å². The molecule has 0 spiro atoms. The summed E-state index contributed by atoms with van der Waals surface area (Å²) >= 11 is 6.09. The summed E-state index contributed by atoms with van der Waals surface area (Å²) in [6, 6.07) is 0. The lowest BCUT2D eigenvalue weighted by Crippen LogP contribution is -2.23. The molecule has 0 aliphatic rings. The van der Waals surface area contributed by atoms with Crippen LogP contribution in [0.5, 0.6) is 0 Å². The smallest absolute Gasteiger partial charge is 0.232 e. The van der Waals surface area contributed by atoms with Crippen molar-refractivity contribution >= 4 is 37.8 Å². The van der Waals surface area contributed by atoms with E-state index in [9.17, 15) is 4.79 Å². The van der Waals surface area contributed by atoms with Gasteiger partial charge in [0, 0.05) is 5.33 Å². The fourth-order valence-corrected chi connectivity index (χ4v) is 0.395. The maximum atomic E-state index is 10.1. The highest BCUT2D eigenvalue weighted by atomic mass is 79.9. The van der Waals surface area contributed by atoms with Gasteiger partial charge in [0.05, 0.1) is 0 Å². The third-order valence-electron chi connectivity index (χ3n) is 0.444. The predicted octanol–water partition coefficient (Wildman–Crippen LogP) is 0.630. The van der Waals surface area contributed by atoms with Crippen LogP contribution in [0.25, 0.3) is 0 Å². The van der Waals surface area contributed by atoms with Crippen LogP contribution in [-0.2, 0) is 4.79 Å². The van der Waals surface area contributed by atoms with E-state index >= 15 is 0 Å². The molecule has 7 heavy (non-hydrogen) atoms. The number of rotatable bonds is 2. The number of amides is 1. The third-order valence-corrected chi connectivity index (χ3v) is 2.74. The van der Waals surface area contributed by atoms with Gasteiger partial charge in [-0.3, -0.25) is 4.79 Å². The molecule has 0 bridgehead atoms.